The van der Waals surface area contributed by atoms with Crippen molar-refractivity contribution in [2.75, 3.05) is 6.54 Å². The zero-order chi connectivity index (χ0) is 14.5. The predicted molar refractivity (Wildman–Crippen MR) is 85.8 cm³/mol. The highest BCUT2D eigenvalue weighted by molar-refractivity contribution is 9.10. The second-order valence-corrected chi connectivity index (χ2v) is 8.14. The monoisotopic (exact) mass is 339 g/mol. The van der Waals surface area contributed by atoms with E-state index in [1.807, 2.05) is 0 Å². The Hall–Kier alpha value is -0.350. The molecule has 0 amide bonds. The summed E-state index contributed by atoms with van der Waals surface area (Å²) in [4.78, 5) is 0. The lowest BCUT2D eigenvalue weighted by atomic mass is 9.78. The van der Waals surface area contributed by atoms with Crippen molar-refractivity contribution in [2.45, 2.75) is 52.5 Å². The Morgan fingerprint density at radius 1 is 1.40 bits per heavy atom. The Balaban J connectivity index is 1.79. The summed E-state index contributed by atoms with van der Waals surface area (Å²) in [6.07, 6.45) is 5.43. The van der Waals surface area contributed by atoms with E-state index in [0.717, 1.165) is 30.5 Å². The molecule has 2 aliphatic carbocycles. The number of nitrogens with zero attached hydrogens (tertiary/aromatic N) is 2. The summed E-state index contributed by atoms with van der Waals surface area (Å²) in [5.41, 5.74) is 2.92. The topological polar surface area (TPSA) is 29.9 Å². The van der Waals surface area contributed by atoms with Crippen molar-refractivity contribution in [1.29, 1.82) is 0 Å². The van der Waals surface area contributed by atoms with Crippen molar-refractivity contribution < 1.29 is 0 Å². The standard InChI is InChI=1S/C16H26BrN3/c1-10(2)18-9-16(6-12-5-13(12)7-16)8-14-15(17)11(3)19-20(14)4/h10,12-13,18H,5-9H2,1-4H3. The molecular weight excluding hydrogens is 314 g/mol. The summed E-state index contributed by atoms with van der Waals surface area (Å²) in [7, 11) is 2.08. The lowest BCUT2D eigenvalue weighted by Crippen LogP contribution is -2.38. The summed E-state index contributed by atoms with van der Waals surface area (Å²) >= 11 is 3.74. The minimum atomic E-state index is 0.445. The smallest absolute Gasteiger partial charge is 0.0738 e. The van der Waals surface area contributed by atoms with Crippen LogP contribution in [0.4, 0.5) is 0 Å². The van der Waals surface area contributed by atoms with E-state index in [-0.39, 0.29) is 0 Å². The molecule has 1 heterocycles. The first-order chi connectivity index (χ1) is 9.40. The quantitative estimate of drug-likeness (QED) is 0.890. The summed E-state index contributed by atoms with van der Waals surface area (Å²) in [5.74, 6) is 2.02. The van der Waals surface area contributed by atoms with Crippen LogP contribution >= 0.6 is 15.9 Å². The number of halogens is 1. The van der Waals surface area contributed by atoms with Gasteiger partial charge in [0.25, 0.3) is 0 Å². The van der Waals surface area contributed by atoms with Crippen molar-refractivity contribution in [3.63, 3.8) is 0 Å². The van der Waals surface area contributed by atoms with Gasteiger partial charge in [0.15, 0.2) is 0 Å². The van der Waals surface area contributed by atoms with E-state index in [1.165, 1.54) is 29.4 Å². The third kappa shape index (κ3) is 2.69. The van der Waals surface area contributed by atoms with Crippen LogP contribution < -0.4 is 5.32 Å². The normalized spacial score (nSPS) is 31.9. The molecule has 4 heteroatoms. The highest BCUT2D eigenvalue weighted by Gasteiger charge is 2.53. The van der Waals surface area contributed by atoms with Crippen molar-refractivity contribution in [3.8, 4) is 0 Å². The van der Waals surface area contributed by atoms with Gasteiger partial charge in [-0.1, -0.05) is 13.8 Å². The average Bonchev–Trinajstić information content (AvgIpc) is 2.93. The van der Waals surface area contributed by atoms with Gasteiger partial charge in [-0.15, -0.1) is 0 Å². The minimum Gasteiger partial charge on any atom is -0.314 e. The molecule has 2 unspecified atom stereocenters. The van der Waals surface area contributed by atoms with E-state index >= 15 is 0 Å². The van der Waals surface area contributed by atoms with E-state index < -0.39 is 0 Å². The third-order valence-corrected chi connectivity index (χ3v) is 6.18. The van der Waals surface area contributed by atoms with Gasteiger partial charge >= 0.3 is 0 Å². The van der Waals surface area contributed by atoms with Crippen LogP contribution in [0.25, 0.3) is 0 Å². The molecule has 1 N–H and O–H groups in total. The molecule has 0 bridgehead atoms. The predicted octanol–water partition coefficient (Wildman–Crippen LogP) is 3.45. The van der Waals surface area contributed by atoms with Crippen LogP contribution in [0.2, 0.25) is 0 Å². The minimum absolute atomic E-state index is 0.445. The van der Waals surface area contributed by atoms with Gasteiger partial charge in [-0.3, -0.25) is 4.68 Å². The van der Waals surface area contributed by atoms with Gasteiger partial charge in [-0.2, -0.15) is 5.10 Å². The number of hydrogen-bond donors (Lipinski definition) is 1. The number of aromatic nitrogens is 2. The molecule has 3 nitrogen and oxygen atoms in total. The molecule has 2 fully saturated rings. The zero-order valence-electron chi connectivity index (χ0n) is 13.0. The van der Waals surface area contributed by atoms with Crippen molar-refractivity contribution in [3.05, 3.63) is 15.9 Å². The molecule has 0 saturated heterocycles. The second kappa shape index (κ2) is 5.13. The maximum atomic E-state index is 4.56. The van der Waals surface area contributed by atoms with E-state index in [1.54, 1.807) is 0 Å². The van der Waals surface area contributed by atoms with Gasteiger partial charge in [0.1, 0.15) is 0 Å². The van der Waals surface area contributed by atoms with Gasteiger partial charge in [0.05, 0.1) is 15.9 Å². The maximum Gasteiger partial charge on any atom is 0.0738 e. The van der Waals surface area contributed by atoms with Crippen molar-refractivity contribution in [2.24, 2.45) is 24.3 Å². The SMILES string of the molecule is Cc1nn(C)c(CC2(CNC(C)C)CC3CC3C2)c1Br. The fraction of sp³-hybridized carbons (Fsp3) is 0.812. The molecule has 2 aliphatic rings. The molecule has 2 atom stereocenters. The largest absolute Gasteiger partial charge is 0.314 e. The van der Waals surface area contributed by atoms with Gasteiger partial charge in [-0.25, -0.2) is 0 Å². The number of nitrogens with one attached hydrogen (secondary N) is 1. The first-order valence-electron chi connectivity index (χ1n) is 7.81. The highest BCUT2D eigenvalue weighted by atomic mass is 79.9. The van der Waals surface area contributed by atoms with E-state index in [4.69, 9.17) is 0 Å². The molecule has 0 aromatic carbocycles. The van der Waals surface area contributed by atoms with Crippen LogP contribution in [-0.4, -0.2) is 22.4 Å². The third-order valence-electron chi connectivity index (χ3n) is 5.15. The lowest BCUT2D eigenvalue weighted by Gasteiger charge is -2.32. The Morgan fingerprint density at radius 2 is 2.05 bits per heavy atom. The van der Waals surface area contributed by atoms with Crippen LogP contribution in [0.5, 0.6) is 0 Å². The fourth-order valence-corrected chi connectivity index (χ4v) is 4.48. The van der Waals surface area contributed by atoms with Crippen LogP contribution in [0, 0.1) is 24.2 Å². The molecule has 112 valence electrons. The van der Waals surface area contributed by atoms with Gasteiger partial charge < -0.3 is 5.32 Å². The first-order valence-corrected chi connectivity index (χ1v) is 8.61. The molecule has 1 aromatic heterocycles. The molecular formula is C16H26BrN3. The lowest BCUT2D eigenvalue weighted by molar-refractivity contribution is 0.236. The van der Waals surface area contributed by atoms with Crippen molar-refractivity contribution >= 4 is 15.9 Å². The van der Waals surface area contributed by atoms with Gasteiger partial charge in [-0.05, 0) is 65.8 Å². The Labute approximate surface area is 130 Å². The molecule has 1 aromatic rings. The Morgan fingerprint density at radius 3 is 2.55 bits per heavy atom. The van der Waals surface area contributed by atoms with E-state index in [9.17, 15) is 0 Å². The van der Waals surface area contributed by atoms with Gasteiger partial charge in [0, 0.05) is 19.6 Å². The first kappa shape index (κ1) is 14.6. The summed E-state index contributed by atoms with van der Waals surface area (Å²) in [6.45, 7) is 7.72. The molecule has 3 rings (SSSR count). The summed E-state index contributed by atoms with van der Waals surface area (Å²) in [6, 6.07) is 0.570. The Bertz CT molecular complexity index is 496. The van der Waals surface area contributed by atoms with Crippen molar-refractivity contribution in [1.82, 2.24) is 15.1 Å². The van der Waals surface area contributed by atoms with Gasteiger partial charge in [0.2, 0.25) is 0 Å². The average molecular weight is 340 g/mol. The van der Waals surface area contributed by atoms with Crippen LogP contribution in [0.1, 0.15) is 44.5 Å². The second-order valence-electron chi connectivity index (χ2n) is 7.35. The summed E-state index contributed by atoms with van der Waals surface area (Å²) in [5, 5.41) is 8.25. The molecule has 0 radical (unpaired) electrons. The molecule has 0 spiro atoms. The molecule has 2 saturated carbocycles. The van der Waals surface area contributed by atoms with E-state index in [0.29, 0.717) is 11.5 Å². The van der Waals surface area contributed by atoms with E-state index in [2.05, 4.69) is 58.8 Å². The number of aryl methyl sites for hydroxylation is 2. The van der Waals surface area contributed by atoms with Crippen LogP contribution in [0.15, 0.2) is 4.47 Å². The summed E-state index contributed by atoms with van der Waals surface area (Å²) < 4.78 is 3.28. The fourth-order valence-electron chi connectivity index (χ4n) is 4.01. The van der Waals surface area contributed by atoms with Crippen LogP contribution in [-0.2, 0) is 13.5 Å². The Kier molecular flexibility index (Phi) is 3.74. The molecule has 20 heavy (non-hydrogen) atoms. The maximum absolute atomic E-state index is 4.56. The number of rotatable bonds is 5. The molecule has 0 aliphatic heterocycles. The number of hydrogen-bond acceptors (Lipinski definition) is 2. The highest BCUT2D eigenvalue weighted by Crippen LogP contribution is 2.60. The van der Waals surface area contributed by atoms with Crippen LogP contribution in [0.3, 0.4) is 0 Å². The zero-order valence-corrected chi connectivity index (χ0v) is 14.6. The number of fused-ring (bicyclic) bond motifs is 1.